The average Bonchev–Trinajstić information content (AvgIpc) is 3.13. The molecule has 2 aromatic rings. The minimum absolute atomic E-state index is 0.159. The Bertz CT molecular complexity index is 940. The molecular weight excluding hydrogens is 364 g/mol. The molecule has 7 heteroatoms. The quantitative estimate of drug-likeness (QED) is 0.691. The predicted octanol–water partition coefficient (Wildman–Crippen LogP) is 2.97. The zero-order valence-corrected chi connectivity index (χ0v) is 15.9. The summed E-state index contributed by atoms with van der Waals surface area (Å²) in [5.41, 5.74) is 9.01. The van der Waals surface area contributed by atoms with E-state index in [0.29, 0.717) is 17.1 Å². The molecule has 1 aliphatic heterocycles. The molecule has 2 amide bonds. The number of allylic oxidation sites excluding steroid dienone is 1. The molecular formula is C20H20N2O4S. The van der Waals surface area contributed by atoms with Gasteiger partial charge in [0.15, 0.2) is 11.5 Å². The summed E-state index contributed by atoms with van der Waals surface area (Å²) in [5, 5.41) is 0. The molecule has 0 aromatic heterocycles. The van der Waals surface area contributed by atoms with Crippen molar-refractivity contribution in [2.24, 2.45) is 5.73 Å². The van der Waals surface area contributed by atoms with E-state index in [1.807, 2.05) is 26.0 Å². The van der Waals surface area contributed by atoms with Gasteiger partial charge in [0, 0.05) is 5.56 Å². The Kier molecular flexibility index (Phi) is 5.41. The second-order valence-electron chi connectivity index (χ2n) is 6.16. The lowest BCUT2D eigenvalue weighted by Crippen LogP contribution is -2.24. The van der Waals surface area contributed by atoms with Crippen LogP contribution in [0.25, 0.3) is 5.57 Å². The minimum Gasteiger partial charge on any atom is -0.454 e. The Balaban J connectivity index is 2.08. The molecule has 0 aliphatic carbocycles. The highest BCUT2D eigenvalue weighted by molar-refractivity contribution is 7.78. The van der Waals surface area contributed by atoms with Crippen LogP contribution in [0.2, 0.25) is 0 Å². The van der Waals surface area contributed by atoms with Gasteiger partial charge in [-0.3, -0.25) is 9.59 Å². The highest BCUT2D eigenvalue weighted by atomic mass is 32.1. The SMILES string of the molecule is C/C=C(\c1ccc(C(N)=O)cc1C)C(C(=O)NS)c1ccc2c(c1)OCO2. The van der Waals surface area contributed by atoms with Crippen LogP contribution in [-0.4, -0.2) is 18.6 Å². The van der Waals surface area contributed by atoms with Gasteiger partial charge in [-0.25, -0.2) is 0 Å². The van der Waals surface area contributed by atoms with E-state index in [1.54, 1.807) is 30.3 Å². The van der Waals surface area contributed by atoms with E-state index < -0.39 is 11.8 Å². The first-order valence-corrected chi connectivity index (χ1v) is 8.81. The highest BCUT2D eigenvalue weighted by Gasteiger charge is 2.28. The highest BCUT2D eigenvalue weighted by Crippen LogP contribution is 2.39. The first kappa shape index (κ1) is 18.8. The number of hydrogen-bond acceptors (Lipinski definition) is 5. The molecule has 0 saturated carbocycles. The molecule has 1 atom stereocenters. The van der Waals surface area contributed by atoms with E-state index in [2.05, 4.69) is 17.5 Å². The van der Waals surface area contributed by atoms with Gasteiger partial charge < -0.3 is 19.9 Å². The van der Waals surface area contributed by atoms with Gasteiger partial charge in [-0.15, -0.1) is 0 Å². The van der Waals surface area contributed by atoms with Crippen molar-refractivity contribution in [3.8, 4) is 11.5 Å². The Morgan fingerprint density at radius 2 is 1.93 bits per heavy atom. The number of hydrogen-bond donors (Lipinski definition) is 3. The molecule has 3 N–H and O–H groups in total. The molecule has 0 fully saturated rings. The first-order valence-electron chi connectivity index (χ1n) is 8.36. The number of nitrogens with one attached hydrogen (secondary N) is 1. The summed E-state index contributed by atoms with van der Waals surface area (Å²) < 4.78 is 13.2. The van der Waals surface area contributed by atoms with Crippen LogP contribution in [0.1, 0.15) is 39.9 Å². The molecule has 0 spiro atoms. The molecule has 140 valence electrons. The third-order valence-corrected chi connectivity index (χ3v) is 4.77. The number of carbonyl (C=O) groups is 2. The molecule has 0 bridgehead atoms. The summed E-state index contributed by atoms with van der Waals surface area (Å²) >= 11 is 3.96. The van der Waals surface area contributed by atoms with Crippen molar-refractivity contribution in [2.45, 2.75) is 19.8 Å². The number of rotatable bonds is 5. The third kappa shape index (κ3) is 3.64. The Hall–Kier alpha value is -2.93. The molecule has 1 heterocycles. The standard InChI is InChI=1S/C20H20N2O4S/c1-3-14(15-6-4-13(19(21)23)8-11(15)2)18(20(24)22-27)12-5-7-16-17(9-12)26-10-25-16/h3-9,18,27H,10H2,1-2H3,(H2,21,23)(H,22,24)/b14-3+. The molecule has 27 heavy (non-hydrogen) atoms. The van der Waals surface area contributed by atoms with Crippen LogP contribution < -0.4 is 19.9 Å². The number of carbonyl (C=O) groups excluding carboxylic acids is 2. The fourth-order valence-corrected chi connectivity index (χ4v) is 3.38. The molecule has 0 radical (unpaired) electrons. The number of primary amides is 1. The largest absolute Gasteiger partial charge is 0.454 e. The van der Waals surface area contributed by atoms with Crippen molar-refractivity contribution in [3.05, 3.63) is 64.7 Å². The molecule has 1 aliphatic rings. The lowest BCUT2D eigenvalue weighted by atomic mass is 9.83. The fourth-order valence-electron chi connectivity index (χ4n) is 3.25. The van der Waals surface area contributed by atoms with Gasteiger partial charge in [0.1, 0.15) is 0 Å². The van der Waals surface area contributed by atoms with Crippen LogP contribution in [0.5, 0.6) is 11.5 Å². The van der Waals surface area contributed by atoms with Crippen LogP contribution in [0.3, 0.4) is 0 Å². The number of fused-ring (bicyclic) bond motifs is 1. The van der Waals surface area contributed by atoms with Crippen molar-refractivity contribution < 1.29 is 19.1 Å². The van der Waals surface area contributed by atoms with Crippen molar-refractivity contribution in [3.63, 3.8) is 0 Å². The zero-order valence-electron chi connectivity index (χ0n) is 15.0. The normalized spacial score (nSPS) is 14.0. The average molecular weight is 384 g/mol. The third-order valence-electron chi connectivity index (χ3n) is 4.55. The first-order chi connectivity index (χ1) is 13.0. The lowest BCUT2D eigenvalue weighted by molar-refractivity contribution is -0.119. The number of ether oxygens (including phenoxy) is 2. The maximum Gasteiger partial charge on any atom is 0.248 e. The Labute approximate surface area is 162 Å². The van der Waals surface area contributed by atoms with Crippen molar-refractivity contribution in [1.82, 2.24) is 4.72 Å². The molecule has 2 aromatic carbocycles. The van der Waals surface area contributed by atoms with Gasteiger partial charge >= 0.3 is 0 Å². The van der Waals surface area contributed by atoms with Crippen molar-refractivity contribution >= 4 is 30.2 Å². The molecule has 0 saturated heterocycles. The lowest BCUT2D eigenvalue weighted by Gasteiger charge is -2.21. The fraction of sp³-hybridized carbons (Fsp3) is 0.200. The summed E-state index contributed by atoms with van der Waals surface area (Å²) in [4.78, 5) is 24.1. The van der Waals surface area contributed by atoms with Gasteiger partial charge in [-0.2, -0.15) is 0 Å². The summed E-state index contributed by atoms with van der Waals surface area (Å²) in [7, 11) is 0. The van der Waals surface area contributed by atoms with Gasteiger partial charge in [-0.05, 0) is 60.4 Å². The van der Waals surface area contributed by atoms with Crippen molar-refractivity contribution in [1.29, 1.82) is 0 Å². The van der Waals surface area contributed by atoms with Gasteiger partial charge in [0.05, 0.1) is 5.92 Å². The van der Waals surface area contributed by atoms with Crippen molar-refractivity contribution in [2.75, 3.05) is 6.79 Å². The zero-order chi connectivity index (χ0) is 19.6. The summed E-state index contributed by atoms with van der Waals surface area (Å²) in [6.45, 7) is 3.90. The van der Waals surface area contributed by atoms with E-state index >= 15 is 0 Å². The van der Waals surface area contributed by atoms with E-state index in [9.17, 15) is 9.59 Å². The minimum atomic E-state index is -0.611. The van der Waals surface area contributed by atoms with Gasteiger partial charge in [0.2, 0.25) is 18.6 Å². The van der Waals surface area contributed by atoms with Crippen LogP contribution >= 0.6 is 12.8 Å². The van der Waals surface area contributed by atoms with Gasteiger partial charge in [-0.1, -0.05) is 31.0 Å². The summed E-state index contributed by atoms with van der Waals surface area (Å²) in [5.74, 6) is -0.135. The molecule has 3 rings (SSSR count). The second kappa shape index (κ2) is 7.75. The van der Waals surface area contributed by atoms with E-state index in [-0.39, 0.29) is 12.7 Å². The maximum absolute atomic E-state index is 12.7. The summed E-state index contributed by atoms with van der Waals surface area (Å²) in [6, 6.07) is 10.6. The monoisotopic (exact) mass is 384 g/mol. The second-order valence-corrected chi connectivity index (χ2v) is 6.38. The van der Waals surface area contributed by atoms with Crippen LogP contribution in [0, 0.1) is 6.92 Å². The molecule has 6 nitrogen and oxygen atoms in total. The van der Waals surface area contributed by atoms with Crippen LogP contribution in [0.15, 0.2) is 42.5 Å². The van der Waals surface area contributed by atoms with Gasteiger partial charge in [0.25, 0.3) is 0 Å². The smallest absolute Gasteiger partial charge is 0.248 e. The summed E-state index contributed by atoms with van der Waals surface area (Å²) in [6.07, 6.45) is 1.88. The number of thiol groups is 1. The van der Waals surface area contributed by atoms with Crippen LogP contribution in [0.4, 0.5) is 0 Å². The molecule has 1 unspecified atom stereocenters. The van der Waals surface area contributed by atoms with E-state index in [0.717, 1.165) is 22.3 Å². The Morgan fingerprint density at radius 1 is 1.19 bits per heavy atom. The number of nitrogens with two attached hydrogens (primary N) is 1. The number of benzene rings is 2. The number of amides is 2. The maximum atomic E-state index is 12.7. The van der Waals surface area contributed by atoms with E-state index in [1.165, 1.54) is 0 Å². The topological polar surface area (TPSA) is 90.7 Å². The van der Waals surface area contributed by atoms with Crippen LogP contribution in [-0.2, 0) is 4.79 Å². The predicted molar refractivity (Wildman–Crippen MR) is 106 cm³/mol. The Morgan fingerprint density at radius 3 is 2.56 bits per heavy atom. The van der Waals surface area contributed by atoms with E-state index in [4.69, 9.17) is 15.2 Å². The number of aryl methyl sites for hydroxylation is 1.